The first-order valence-electron chi connectivity index (χ1n) is 13.5. The van der Waals surface area contributed by atoms with E-state index in [1.54, 1.807) is 0 Å². The molecule has 2 saturated heterocycles. The maximum absolute atomic E-state index is 4.93. The highest BCUT2D eigenvalue weighted by molar-refractivity contribution is 6.06. The molecule has 5 nitrogen and oxygen atoms in total. The third kappa shape index (κ3) is 5.98. The van der Waals surface area contributed by atoms with Gasteiger partial charge in [-0.25, -0.2) is 0 Å². The Morgan fingerprint density at radius 1 is 1.06 bits per heavy atom. The third-order valence-corrected chi connectivity index (χ3v) is 7.77. The van der Waals surface area contributed by atoms with Crippen molar-refractivity contribution in [2.75, 3.05) is 39.8 Å². The zero-order valence-electron chi connectivity index (χ0n) is 21.7. The second-order valence-electron chi connectivity index (χ2n) is 9.81. The standard InChI is InChI=1S/C26H41N5.C2H6/c1-5-28-26-24(17-27-3)25(19-31(26)23-9-7-6-8-10-23)21-12-15-30(16-13-21)20(2)22-11-14-29(4)18-22;1-2/h17,19,21-23H,2-3,5-16,18H2,1,4H3;1-2H3/b24-17-,28-26?;. The van der Waals surface area contributed by atoms with Gasteiger partial charge < -0.3 is 14.7 Å². The first kappa shape index (κ1) is 25.7. The summed E-state index contributed by atoms with van der Waals surface area (Å²) in [6, 6.07) is 0.587. The van der Waals surface area contributed by atoms with E-state index in [1.165, 1.54) is 74.8 Å². The fourth-order valence-electron chi connectivity index (χ4n) is 5.99. The Kier molecular flexibility index (Phi) is 9.78. The molecular formula is C28H47N5. The molecule has 4 aliphatic rings. The summed E-state index contributed by atoms with van der Waals surface area (Å²) in [7, 11) is 2.22. The molecule has 0 N–H and O–H groups in total. The summed E-state index contributed by atoms with van der Waals surface area (Å²) in [5.41, 5.74) is 4.02. The molecule has 3 fully saturated rings. The Balaban J connectivity index is 0.00000149. The molecule has 1 unspecified atom stereocenters. The van der Waals surface area contributed by atoms with Gasteiger partial charge in [0.1, 0.15) is 5.84 Å². The van der Waals surface area contributed by atoms with Crippen LogP contribution < -0.4 is 0 Å². The highest BCUT2D eigenvalue weighted by atomic mass is 15.2. The van der Waals surface area contributed by atoms with Crippen molar-refractivity contribution in [1.29, 1.82) is 0 Å². The van der Waals surface area contributed by atoms with Crippen molar-refractivity contribution < 1.29 is 0 Å². The Morgan fingerprint density at radius 2 is 1.76 bits per heavy atom. The molecule has 184 valence electrons. The van der Waals surface area contributed by atoms with Crippen molar-refractivity contribution in [1.82, 2.24) is 14.7 Å². The largest absolute Gasteiger partial charge is 0.375 e. The van der Waals surface area contributed by atoms with Crippen LogP contribution in [0.25, 0.3) is 0 Å². The first-order valence-corrected chi connectivity index (χ1v) is 13.5. The van der Waals surface area contributed by atoms with E-state index in [4.69, 9.17) is 4.99 Å². The van der Waals surface area contributed by atoms with Crippen molar-refractivity contribution in [3.63, 3.8) is 0 Å². The number of hydrogen-bond donors (Lipinski definition) is 0. The normalized spacial score (nSPS) is 27.6. The molecule has 3 aliphatic heterocycles. The number of aliphatic imine (C=N–C) groups is 2. The monoisotopic (exact) mass is 453 g/mol. The number of rotatable bonds is 6. The van der Waals surface area contributed by atoms with Gasteiger partial charge in [-0.05, 0) is 70.8 Å². The van der Waals surface area contributed by atoms with Crippen molar-refractivity contribution >= 4 is 12.6 Å². The number of nitrogens with zero attached hydrogens (tertiary/aromatic N) is 5. The van der Waals surface area contributed by atoms with Crippen LogP contribution in [-0.2, 0) is 0 Å². The van der Waals surface area contributed by atoms with Gasteiger partial charge in [0.05, 0.1) is 0 Å². The van der Waals surface area contributed by atoms with Gasteiger partial charge in [-0.15, -0.1) is 0 Å². The SMILES string of the molecule is C=N/C=C1/C(C2CCN(C(=C)C3CCN(C)C3)CC2)=CN(C2CCCCC2)C1=NCC.CC. The van der Waals surface area contributed by atoms with Crippen molar-refractivity contribution in [2.24, 2.45) is 21.8 Å². The third-order valence-electron chi connectivity index (χ3n) is 7.77. The lowest BCUT2D eigenvalue weighted by Crippen LogP contribution is -2.36. The molecule has 5 heteroatoms. The van der Waals surface area contributed by atoms with Crippen LogP contribution in [-0.4, -0.2) is 73.1 Å². The predicted molar refractivity (Wildman–Crippen MR) is 143 cm³/mol. The Morgan fingerprint density at radius 3 is 2.33 bits per heavy atom. The highest BCUT2D eigenvalue weighted by Gasteiger charge is 2.36. The minimum atomic E-state index is 0.568. The van der Waals surface area contributed by atoms with Crippen molar-refractivity contribution in [3.8, 4) is 0 Å². The lowest BCUT2D eigenvalue weighted by atomic mass is 9.85. The molecule has 0 bridgehead atoms. The summed E-state index contributed by atoms with van der Waals surface area (Å²) >= 11 is 0. The second kappa shape index (κ2) is 12.5. The molecule has 4 rings (SSSR count). The van der Waals surface area contributed by atoms with Gasteiger partial charge >= 0.3 is 0 Å². The zero-order valence-corrected chi connectivity index (χ0v) is 21.7. The maximum Gasteiger partial charge on any atom is 0.137 e. The fraction of sp³-hybridized carbons (Fsp3) is 0.714. The van der Waals surface area contributed by atoms with Gasteiger partial charge in [0.25, 0.3) is 0 Å². The summed E-state index contributed by atoms with van der Waals surface area (Å²) in [6.45, 7) is 19.8. The van der Waals surface area contributed by atoms with Gasteiger partial charge in [-0.1, -0.05) is 39.7 Å². The van der Waals surface area contributed by atoms with E-state index in [0.29, 0.717) is 17.9 Å². The number of likely N-dealkylation sites (tertiary alicyclic amines) is 2. The first-order chi connectivity index (χ1) is 16.1. The van der Waals surface area contributed by atoms with E-state index < -0.39 is 0 Å². The molecule has 1 aliphatic carbocycles. The maximum atomic E-state index is 4.93. The summed E-state index contributed by atoms with van der Waals surface area (Å²) in [6.07, 6.45) is 14.6. The molecule has 1 saturated carbocycles. The number of amidine groups is 1. The summed E-state index contributed by atoms with van der Waals surface area (Å²) in [4.78, 5) is 16.6. The van der Waals surface area contributed by atoms with Crippen molar-refractivity contribution in [2.45, 2.75) is 78.2 Å². The Labute approximate surface area is 203 Å². The van der Waals surface area contributed by atoms with Crippen LogP contribution in [0.2, 0.25) is 0 Å². The lowest BCUT2D eigenvalue weighted by Gasteiger charge is -2.37. The molecule has 0 aromatic carbocycles. The van der Waals surface area contributed by atoms with Crippen molar-refractivity contribution in [3.05, 3.63) is 35.8 Å². The topological polar surface area (TPSA) is 34.4 Å². The molecule has 33 heavy (non-hydrogen) atoms. The molecule has 0 aromatic heterocycles. The molecular weight excluding hydrogens is 406 g/mol. The highest BCUT2D eigenvalue weighted by Crippen LogP contribution is 2.39. The average Bonchev–Trinajstić information content (AvgIpc) is 3.45. The summed E-state index contributed by atoms with van der Waals surface area (Å²) < 4.78 is 0. The van der Waals surface area contributed by atoms with Crippen LogP contribution >= 0.6 is 0 Å². The van der Waals surface area contributed by atoms with Crippen LogP contribution in [0.3, 0.4) is 0 Å². The van der Waals surface area contributed by atoms with Gasteiger partial charge in [-0.2, -0.15) is 0 Å². The van der Waals surface area contributed by atoms with Gasteiger partial charge in [0.2, 0.25) is 0 Å². The second-order valence-corrected chi connectivity index (χ2v) is 9.81. The van der Waals surface area contributed by atoms with Gasteiger partial charge in [-0.3, -0.25) is 9.98 Å². The van der Waals surface area contributed by atoms with E-state index in [2.05, 4.69) is 53.2 Å². The zero-order chi connectivity index (χ0) is 23.8. The molecule has 1 atom stereocenters. The Bertz CT molecular complexity index is 750. The minimum absolute atomic E-state index is 0.568. The van der Waals surface area contributed by atoms with Crippen LogP contribution in [0.1, 0.15) is 72.1 Å². The van der Waals surface area contributed by atoms with E-state index in [0.717, 1.165) is 32.0 Å². The van der Waals surface area contributed by atoms with Gasteiger partial charge in [0.15, 0.2) is 0 Å². The molecule has 3 heterocycles. The minimum Gasteiger partial charge on any atom is -0.375 e. The molecule has 0 amide bonds. The quantitative estimate of drug-likeness (QED) is 0.482. The van der Waals surface area contributed by atoms with E-state index in [-0.39, 0.29) is 0 Å². The Hall–Kier alpha value is -1.88. The average molecular weight is 454 g/mol. The van der Waals surface area contributed by atoms with E-state index in [9.17, 15) is 0 Å². The fourth-order valence-corrected chi connectivity index (χ4v) is 5.99. The number of hydrogen-bond acceptors (Lipinski definition) is 4. The van der Waals surface area contributed by atoms with E-state index in [1.807, 2.05) is 20.0 Å². The predicted octanol–water partition coefficient (Wildman–Crippen LogP) is 5.73. The lowest BCUT2D eigenvalue weighted by molar-refractivity contribution is 0.224. The van der Waals surface area contributed by atoms with Crippen LogP contribution in [0.5, 0.6) is 0 Å². The molecule has 0 spiro atoms. The number of piperidine rings is 1. The molecule has 0 aromatic rings. The van der Waals surface area contributed by atoms with E-state index >= 15 is 0 Å². The van der Waals surface area contributed by atoms with Crippen LogP contribution in [0.4, 0.5) is 0 Å². The summed E-state index contributed by atoms with van der Waals surface area (Å²) in [5, 5.41) is 0. The van der Waals surface area contributed by atoms with Gasteiger partial charge in [0, 0.05) is 61.8 Å². The smallest absolute Gasteiger partial charge is 0.137 e. The van der Waals surface area contributed by atoms with Crippen LogP contribution in [0, 0.1) is 11.8 Å². The van der Waals surface area contributed by atoms with Crippen LogP contribution in [0.15, 0.2) is 45.8 Å². The summed E-state index contributed by atoms with van der Waals surface area (Å²) in [5.74, 6) is 2.34. The molecule has 0 radical (unpaired) electrons.